The van der Waals surface area contributed by atoms with Crippen LogP contribution in [-0.4, -0.2) is 51.1 Å². The molecule has 1 aliphatic heterocycles. The summed E-state index contributed by atoms with van der Waals surface area (Å²) >= 11 is 0. The summed E-state index contributed by atoms with van der Waals surface area (Å²) in [6, 6.07) is 2.52. The summed E-state index contributed by atoms with van der Waals surface area (Å²) < 4.78 is 12.9. The lowest BCUT2D eigenvalue weighted by atomic mass is 10.1. The van der Waals surface area contributed by atoms with Crippen LogP contribution in [0.5, 0.6) is 5.88 Å². The maximum absolute atomic E-state index is 5.51. The molecule has 0 aromatic carbocycles. The second kappa shape index (κ2) is 6.87. The Bertz CT molecular complexity index is 917. The maximum Gasteiger partial charge on any atom is 0.225 e. The van der Waals surface area contributed by atoms with Crippen molar-refractivity contribution in [1.82, 2.24) is 24.7 Å². The molecule has 4 rings (SSSR count). The Balaban J connectivity index is 1.87. The Morgan fingerprint density at radius 2 is 2.23 bits per heavy atom. The van der Waals surface area contributed by atoms with E-state index in [0.717, 1.165) is 41.0 Å². The van der Waals surface area contributed by atoms with E-state index in [-0.39, 0.29) is 12.1 Å². The average Bonchev–Trinajstić information content (AvgIpc) is 3.31. The summed E-state index contributed by atoms with van der Waals surface area (Å²) in [6.07, 6.45) is 5.96. The standard InChI is InChI=1S/C18H22N6O2/c1-11(2)24-17-15(22-12-4-5-26-9-12)6-14(23-16(17)8-21-24)13-7-19-10-20-18(13)25-3/h6-8,10-12H,4-5,9H2,1-3H3,(H,22,23)/t12-/m1/s1. The molecule has 1 N–H and O–H groups in total. The Morgan fingerprint density at radius 1 is 1.35 bits per heavy atom. The minimum absolute atomic E-state index is 0.232. The van der Waals surface area contributed by atoms with Crippen LogP contribution in [0.3, 0.4) is 0 Å². The van der Waals surface area contributed by atoms with Crippen LogP contribution in [0, 0.1) is 0 Å². The lowest BCUT2D eigenvalue weighted by molar-refractivity contribution is 0.195. The molecule has 1 fully saturated rings. The highest BCUT2D eigenvalue weighted by molar-refractivity contribution is 5.91. The van der Waals surface area contributed by atoms with Gasteiger partial charge in [-0.2, -0.15) is 5.10 Å². The molecule has 3 aromatic heterocycles. The summed E-state index contributed by atoms with van der Waals surface area (Å²) in [5.74, 6) is 0.498. The molecule has 0 amide bonds. The molecule has 26 heavy (non-hydrogen) atoms. The highest BCUT2D eigenvalue weighted by Gasteiger charge is 2.21. The van der Waals surface area contributed by atoms with Gasteiger partial charge in [0.15, 0.2) is 0 Å². The average molecular weight is 354 g/mol. The summed E-state index contributed by atoms with van der Waals surface area (Å²) in [5, 5.41) is 8.13. The van der Waals surface area contributed by atoms with E-state index in [2.05, 4.69) is 34.2 Å². The number of ether oxygens (including phenoxy) is 2. The van der Waals surface area contributed by atoms with Crippen molar-refractivity contribution in [3.8, 4) is 17.1 Å². The van der Waals surface area contributed by atoms with Crippen LogP contribution >= 0.6 is 0 Å². The van der Waals surface area contributed by atoms with Crippen LogP contribution in [-0.2, 0) is 4.74 Å². The molecule has 8 nitrogen and oxygen atoms in total. The molecule has 0 unspecified atom stereocenters. The largest absolute Gasteiger partial charge is 0.480 e. The van der Waals surface area contributed by atoms with Crippen molar-refractivity contribution in [2.24, 2.45) is 0 Å². The molecule has 4 heterocycles. The van der Waals surface area contributed by atoms with Gasteiger partial charge in [-0.15, -0.1) is 0 Å². The molecule has 0 radical (unpaired) electrons. The third-order valence-corrected chi connectivity index (χ3v) is 4.48. The molecular weight excluding hydrogens is 332 g/mol. The zero-order chi connectivity index (χ0) is 18.1. The monoisotopic (exact) mass is 354 g/mol. The van der Waals surface area contributed by atoms with Crippen LogP contribution in [0.2, 0.25) is 0 Å². The van der Waals surface area contributed by atoms with E-state index in [1.54, 1.807) is 19.5 Å². The molecule has 0 aliphatic carbocycles. The summed E-state index contributed by atoms with van der Waals surface area (Å²) in [5.41, 5.74) is 4.30. The van der Waals surface area contributed by atoms with Crippen molar-refractivity contribution >= 4 is 16.7 Å². The smallest absolute Gasteiger partial charge is 0.225 e. The molecule has 0 bridgehead atoms. The fourth-order valence-corrected chi connectivity index (χ4v) is 3.23. The first kappa shape index (κ1) is 16.7. The zero-order valence-corrected chi connectivity index (χ0v) is 15.1. The van der Waals surface area contributed by atoms with E-state index in [0.29, 0.717) is 12.5 Å². The van der Waals surface area contributed by atoms with E-state index in [1.807, 2.05) is 10.7 Å². The summed E-state index contributed by atoms with van der Waals surface area (Å²) in [6.45, 7) is 5.70. The van der Waals surface area contributed by atoms with Gasteiger partial charge in [0.1, 0.15) is 17.4 Å². The van der Waals surface area contributed by atoms with Gasteiger partial charge in [0.05, 0.1) is 42.9 Å². The minimum Gasteiger partial charge on any atom is -0.480 e. The summed E-state index contributed by atoms with van der Waals surface area (Å²) in [7, 11) is 1.59. The SMILES string of the molecule is COc1ncncc1-c1cc(N[C@@H]2CCOC2)c2c(cnn2C(C)C)n1. The highest BCUT2D eigenvalue weighted by Crippen LogP contribution is 2.33. The van der Waals surface area contributed by atoms with E-state index in [4.69, 9.17) is 14.5 Å². The third-order valence-electron chi connectivity index (χ3n) is 4.48. The predicted octanol–water partition coefficient (Wildman–Crippen LogP) is 2.68. The molecule has 136 valence electrons. The van der Waals surface area contributed by atoms with E-state index >= 15 is 0 Å². The van der Waals surface area contributed by atoms with Gasteiger partial charge in [-0.3, -0.25) is 4.68 Å². The number of fused-ring (bicyclic) bond motifs is 1. The second-order valence-corrected chi connectivity index (χ2v) is 6.62. The normalized spacial score (nSPS) is 17.2. The Labute approximate surface area is 151 Å². The number of methoxy groups -OCH3 is 1. The number of nitrogens with zero attached hydrogens (tertiary/aromatic N) is 5. The van der Waals surface area contributed by atoms with Gasteiger partial charge in [-0.1, -0.05) is 0 Å². The number of hydrogen-bond donors (Lipinski definition) is 1. The van der Waals surface area contributed by atoms with Gasteiger partial charge < -0.3 is 14.8 Å². The maximum atomic E-state index is 5.51. The van der Waals surface area contributed by atoms with Crippen molar-refractivity contribution in [2.75, 3.05) is 25.6 Å². The van der Waals surface area contributed by atoms with Crippen molar-refractivity contribution in [3.05, 3.63) is 24.8 Å². The van der Waals surface area contributed by atoms with E-state index < -0.39 is 0 Å². The van der Waals surface area contributed by atoms with Crippen molar-refractivity contribution < 1.29 is 9.47 Å². The van der Waals surface area contributed by atoms with Gasteiger partial charge in [0.2, 0.25) is 5.88 Å². The van der Waals surface area contributed by atoms with Gasteiger partial charge in [0, 0.05) is 18.8 Å². The minimum atomic E-state index is 0.232. The molecule has 0 spiro atoms. The zero-order valence-electron chi connectivity index (χ0n) is 15.1. The van der Waals surface area contributed by atoms with Crippen LogP contribution < -0.4 is 10.1 Å². The highest BCUT2D eigenvalue weighted by atomic mass is 16.5. The molecule has 3 aromatic rings. The number of nitrogens with one attached hydrogen (secondary N) is 1. The number of aromatic nitrogens is 5. The summed E-state index contributed by atoms with van der Waals surface area (Å²) in [4.78, 5) is 13.1. The predicted molar refractivity (Wildman–Crippen MR) is 98.3 cm³/mol. The number of rotatable bonds is 5. The first-order valence-corrected chi connectivity index (χ1v) is 8.74. The van der Waals surface area contributed by atoms with Crippen molar-refractivity contribution in [3.63, 3.8) is 0 Å². The first-order valence-electron chi connectivity index (χ1n) is 8.74. The van der Waals surface area contributed by atoms with Crippen LogP contribution in [0.15, 0.2) is 24.8 Å². The number of hydrogen-bond acceptors (Lipinski definition) is 7. The number of anilines is 1. The fraction of sp³-hybridized carbons (Fsp3) is 0.444. The topological polar surface area (TPSA) is 87.0 Å². The lowest BCUT2D eigenvalue weighted by Crippen LogP contribution is -2.20. The molecule has 1 atom stereocenters. The molecule has 8 heteroatoms. The van der Waals surface area contributed by atoms with Crippen LogP contribution in [0.4, 0.5) is 5.69 Å². The molecule has 1 saturated heterocycles. The van der Waals surface area contributed by atoms with Gasteiger partial charge in [-0.05, 0) is 26.3 Å². The van der Waals surface area contributed by atoms with E-state index in [9.17, 15) is 0 Å². The van der Waals surface area contributed by atoms with Gasteiger partial charge in [0.25, 0.3) is 0 Å². The Kier molecular flexibility index (Phi) is 4.42. The van der Waals surface area contributed by atoms with Crippen molar-refractivity contribution in [2.45, 2.75) is 32.4 Å². The Morgan fingerprint density at radius 3 is 2.96 bits per heavy atom. The first-order chi connectivity index (χ1) is 12.7. The molecular formula is C18H22N6O2. The van der Waals surface area contributed by atoms with Crippen LogP contribution in [0.25, 0.3) is 22.3 Å². The fourth-order valence-electron chi connectivity index (χ4n) is 3.23. The Hall–Kier alpha value is -2.74. The second-order valence-electron chi connectivity index (χ2n) is 6.62. The van der Waals surface area contributed by atoms with Crippen LogP contribution in [0.1, 0.15) is 26.3 Å². The van der Waals surface area contributed by atoms with Gasteiger partial charge >= 0.3 is 0 Å². The molecule has 0 saturated carbocycles. The molecule has 1 aliphatic rings. The van der Waals surface area contributed by atoms with Gasteiger partial charge in [-0.25, -0.2) is 15.0 Å². The van der Waals surface area contributed by atoms with Crippen molar-refractivity contribution in [1.29, 1.82) is 0 Å². The quantitative estimate of drug-likeness (QED) is 0.754. The lowest BCUT2D eigenvalue weighted by Gasteiger charge is -2.17. The van der Waals surface area contributed by atoms with E-state index in [1.165, 1.54) is 6.33 Å². The number of pyridine rings is 1. The third kappa shape index (κ3) is 2.96.